The maximum atomic E-state index is 6.09. The second-order valence-corrected chi connectivity index (χ2v) is 6.46. The first-order valence-corrected chi connectivity index (χ1v) is 8.22. The maximum Gasteiger partial charge on any atom is 0.126 e. The van der Waals surface area contributed by atoms with E-state index in [-0.39, 0.29) is 0 Å². The third-order valence-corrected chi connectivity index (χ3v) is 4.97. The first-order chi connectivity index (χ1) is 11.8. The van der Waals surface area contributed by atoms with Gasteiger partial charge in [0.1, 0.15) is 11.3 Å². The van der Waals surface area contributed by atoms with Crippen molar-refractivity contribution in [3.63, 3.8) is 0 Å². The molecule has 2 saturated heterocycles. The normalized spacial score (nSPS) is 23.1. The Labute approximate surface area is 138 Å². The Morgan fingerprint density at radius 3 is 2.79 bits per heavy atom. The number of anilines is 2. The van der Waals surface area contributed by atoms with Crippen LogP contribution in [0, 0.1) is 0 Å². The lowest BCUT2D eigenvalue weighted by Crippen LogP contribution is -2.46. The van der Waals surface area contributed by atoms with Gasteiger partial charge >= 0.3 is 0 Å². The van der Waals surface area contributed by atoms with E-state index in [1.165, 1.54) is 0 Å². The molecule has 0 radical (unpaired) electrons. The van der Waals surface area contributed by atoms with Crippen LogP contribution in [0.3, 0.4) is 0 Å². The van der Waals surface area contributed by atoms with Crippen molar-refractivity contribution < 1.29 is 4.74 Å². The molecule has 2 atom stereocenters. The van der Waals surface area contributed by atoms with Crippen LogP contribution in [0.4, 0.5) is 11.5 Å². The second-order valence-electron chi connectivity index (χ2n) is 6.46. The molecule has 24 heavy (non-hydrogen) atoms. The zero-order chi connectivity index (χ0) is 16.1. The van der Waals surface area contributed by atoms with Gasteiger partial charge in [-0.2, -0.15) is 5.10 Å². The lowest BCUT2D eigenvalue weighted by atomic mass is 10.1. The molecular formula is C17H18N6O. The van der Waals surface area contributed by atoms with Gasteiger partial charge in [-0.3, -0.25) is 10.1 Å². The van der Waals surface area contributed by atoms with Crippen LogP contribution in [0.5, 0.6) is 0 Å². The van der Waals surface area contributed by atoms with Crippen molar-refractivity contribution in [1.29, 1.82) is 0 Å². The van der Waals surface area contributed by atoms with Gasteiger partial charge in [0.15, 0.2) is 0 Å². The number of nitrogen functional groups attached to an aromatic ring is 1. The SMILES string of the molecule is Nc1cc(N2C3CCC2COC3)c2ncc(-c3ccn[nH]3)cc2n1. The highest BCUT2D eigenvalue weighted by atomic mass is 16.5. The van der Waals surface area contributed by atoms with Crippen LogP contribution in [0.25, 0.3) is 22.3 Å². The topological polar surface area (TPSA) is 93.0 Å². The predicted molar refractivity (Wildman–Crippen MR) is 91.6 cm³/mol. The summed E-state index contributed by atoms with van der Waals surface area (Å²) in [5.41, 5.74) is 10.7. The Morgan fingerprint density at radius 2 is 2.04 bits per heavy atom. The molecule has 2 fully saturated rings. The maximum absolute atomic E-state index is 6.09. The Hall–Kier alpha value is -2.67. The average molecular weight is 322 g/mol. The van der Waals surface area contributed by atoms with Gasteiger partial charge in [0.25, 0.3) is 0 Å². The fourth-order valence-electron chi connectivity index (χ4n) is 3.90. The summed E-state index contributed by atoms with van der Waals surface area (Å²) in [6, 6.07) is 6.68. The van der Waals surface area contributed by atoms with Crippen molar-refractivity contribution in [2.75, 3.05) is 23.8 Å². The number of ether oxygens (including phenoxy) is 1. The fourth-order valence-corrected chi connectivity index (χ4v) is 3.90. The van der Waals surface area contributed by atoms with Crippen LogP contribution >= 0.6 is 0 Å². The number of H-pyrrole nitrogens is 1. The molecule has 7 heteroatoms. The van der Waals surface area contributed by atoms with Crippen LogP contribution in [-0.4, -0.2) is 45.5 Å². The van der Waals surface area contributed by atoms with E-state index < -0.39 is 0 Å². The van der Waals surface area contributed by atoms with E-state index in [9.17, 15) is 0 Å². The summed E-state index contributed by atoms with van der Waals surface area (Å²) in [6.45, 7) is 1.54. The summed E-state index contributed by atoms with van der Waals surface area (Å²) in [6.07, 6.45) is 5.89. The molecule has 5 rings (SSSR count). The molecule has 0 saturated carbocycles. The lowest BCUT2D eigenvalue weighted by Gasteiger charge is -2.37. The number of pyridine rings is 2. The monoisotopic (exact) mass is 322 g/mol. The highest BCUT2D eigenvalue weighted by molar-refractivity contribution is 5.92. The summed E-state index contributed by atoms with van der Waals surface area (Å²) in [7, 11) is 0. The van der Waals surface area contributed by atoms with Gasteiger partial charge in [-0.15, -0.1) is 0 Å². The number of fused-ring (bicyclic) bond motifs is 3. The first-order valence-electron chi connectivity index (χ1n) is 8.22. The molecule has 0 aromatic carbocycles. The van der Waals surface area contributed by atoms with Crippen LogP contribution < -0.4 is 10.6 Å². The van der Waals surface area contributed by atoms with Gasteiger partial charge in [-0.05, 0) is 25.0 Å². The predicted octanol–water partition coefficient (Wildman–Crippen LogP) is 1.97. The highest BCUT2D eigenvalue weighted by Crippen LogP contribution is 2.38. The van der Waals surface area contributed by atoms with E-state index in [2.05, 4.69) is 20.1 Å². The van der Waals surface area contributed by atoms with Gasteiger partial charge in [0.05, 0.1) is 42.2 Å². The molecule has 2 aliphatic rings. The van der Waals surface area contributed by atoms with E-state index in [0.717, 1.165) is 54.0 Å². The van der Waals surface area contributed by atoms with Crippen molar-refractivity contribution in [2.45, 2.75) is 24.9 Å². The molecule has 3 aromatic rings. The Balaban J connectivity index is 1.66. The summed E-state index contributed by atoms with van der Waals surface area (Å²) in [5, 5.41) is 6.95. The first kappa shape index (κ1) is 13.7. The Morgan fingerprint density at radius 1 is 1.21 bits per heavy atom. The van der Waals surface area contributed by atoms with Gasteiger partial charge < -0.3 is 15.4 Å². The molecule has 2 bridgehead atoms. The summed E-state index contributed by atoms with van der Waals surface area (Å²) >= 11 is 0. The average Bonchev–Trinajstić information content (AvgIpc) is 3.20. The van der Waals surface area contributed by atoms with Crippen molar-refractivity contribution in [1.82, 2.24) is 20.2 Å². The van der Waals surface area contributed by atoms with E-state index in [1.807, 2.05) is 24.4 Å². The van der Waals surface area contributed by atoms with Gasteiger partial charge in [-0.25, -0.2) is 4.98 Å². The van der Waals surface area contributed by atoms with E-state index in [4.69, 9.17) is 15.5 Å². The third-order valence-electron chi connectivity index (χ3n) is 4.97. The quantitative estimate of drug-likeness (QED) is 0.749. The second kappa shape index (κ2) is 5.17. The van der Waals surface area contributed by atoms with Crippen LogP contribution in [0.15, 0.2) is 30.6 Å². The van der Waals surface area contributed by atoms with Crippen molar-refractivity contribution >= 4 is 22.5 Å². The third kappa shape index (κ3) is 2.05. The number of nitrogens with zero attached hydrogens (tertiary/aromatic N) is 4. The van der Waals surface area contributed by atoms with Crippen LogP contribution in [-0.2, 0) is 4.74 Å². The number of aromatic nitrogens is 4. The number of nitrogens with two attached hydrogens (primary N) is 1. The number of aromatic amines is 1. The van der Waals surface area contributed by atoms with Crippen LogP contribution in [0.1, 0.15) is 12.8 Å². The minimum atomic E-state index is 0.405. The minimum Gasteiger partial charge on any atom is -0.384 e. The Bertz CT molecular complexity index is 877. The van der Waals surface area contributed by atoms with Crippen molar-refractivity contribution in [2.24, 2.45) is 0 Å². The standard InChI is InChI=1S/C17H18N6O/c18-16-6-15(23-11-1-2-12(23)9-24-8-11)17-14(21-16)5-10(7-19-17)13-3-4-20-22-13/h3-7,11-12H,1-2,8-9H2,(H2,18,21)(H,20,22). The summed E-state index contributed by atoms with van der Waals surface area (Å²) < 4.78 is 5.70. The molecule has 2 aliphatic heterocycles. The number of rotatable bonds is 2. The summed E-state index contributed by atoms with van der Waals surface area (Å²) in [5.74, 6) is 0.520. The molecular weight excluding hydrogens is 304 g/mol. The van der Waals surface area contributed by atoms with E-state index in [1.54, 1.807) is 6.20 Å². The van der Waals surface area contributed by atoms with Crippen molar-refractivity contribution in [3.8, 4) is 11.3 Å². The van der Waals surface area contributed by atoms with Gasteiger partial charge in [0.2, 0.25) is 0 Å². The van der Waals surface area contributed by atoms with Crippen molar-refractivity contribution in [3.05, 3.63) is 30.6 Å². The van der Waals surface area contributed by atoms with Crippen LogP contribution in [0.2, 0.25) is 0 Å². The summed E-state index contributed by atoms with van der Waals surface area (Å²) in [4.78, 5) is 11.6. The number of morpholine rings is 1. The molecule has 122 valence electrons. The molecule has 3 aromatic heterocycles. The van der Waals surface area contributed by atoms with E-state index >= 15 is 0 Å². The fraction of sp³-hybridized carbons (Fsp3) is 0.353. The number of nitrogens with one attached hydrogen (secondary N) is 1. The zero-order valence-electron chi connectivity index (χ0n) is 13.1. The van der Waals surface area contributed by atoms with Gasteiger partial charge in [-0.1, -0.05) is 0 Å². The number of hydrogen-bond acceptors (Lipinski definition) is 6. The molecule has 0 aliphatic carbocycles. The minimum absolute atomic E-state index is 0.405. The van der Waals surface area contributed by atoms with Gasteiger partial charge in [0, 0.05) is 24.0 Å². The van der Waals surface area contributed by atoms with E-state index in [0.29, 0.717) is 17.9 Å². The smallest absolute Gasteiger partial charge is 0.126 e. The Kier molecular flexibility index (Phi) is 2.96. The molecule has 5 heterocycles. The molecule has 3 N–H and O–H groups in total. The molecule has 0 amide bonds. The largest absolute Gasteiger partial charge is 0.384 e. The zero-order valence-corrected chi connectivity index (χ0v) is 13.1. The highest BCUT2D eigenvalue weighted by Gasteiger charge is 2.38. The number of hydrogen-bond donors (Lipinski definition) is 2. The molecule has 2 unspecified atom stereocenters. The molecule has 0 spiro atoms. The lowest BCUT2D eigenvalue weighted by molar-refractivity contribution is 0.0908. The molecule has 7 nitrogen and oxygen atoms in total.